The van der Waals surface area contributed by atoms with Gasteiger partial charge in [0.05, 0.1) is 5.69 Å². The number of rotatable bonds is 4. The predicted molar refractivity (Wildman–Crippen MR) is 92.5 cm³/mol. The number of hydrogen-bond donors (Lipinski definition) is 1. The molecule has 2 amide bonds. The molecule has 0 spiro atoms. The monoisotopic (exact) mass is 317 g/mol. The molecule has 118 valence electrons. The van der Waals surface area contributed by atoms with Crippen molar-refractivity contribution in [3.63, 3.8) is 0 Å². The van der Waals surface area contributed by atoms with E-state index in [2.05, 4.69) is 35.4 Å². The fourth-order valence-electron chi connectivity index (χ4n) is 3.06. The fourth-order valence-corrected chi connectivity index (χ4v) is 3.82. The Balaban J connectivity index is 1.58. The minimum absolute atomic E-state index is 0.0267. The van der Waals surface area contributed by atoms with Crippen LogP contribution in [0.2, 0.25) is 0 Å². The zero-order valence-corrected chi connectivity index (χ0v) is 13.8. The Morgan fingerprint density at radius 2 is 2.09 bits per heavy atom. The van der Waals surface area contributed by atoms with E-state index >= 15 is 0 Å². The van der Waals surface area contributed by atoms with E-state index in [1.807, 2.05) is 23.1 Å². The van der Waals surface area contributed by atoms with Crippen molar-refractivity contribution in [3.8, 4) is 0 Å². The summed E-state index contributed by atoms with van der Waals surface area (Å²) < 4.78 is 0. The molecule has 1 aromatic carbocycles. The first-order valence-corrected chi connectivity index (χ1v) is 8.93. The van der Waals surface area contributed by atoms with Crippen LogP contribution in [0.4, 0.5) is 10.5 Å². The number of para-hydroxylation sites is 1. The Morgan fingerprint density at radius 3 is 2.86 bits per heavy atom. The van der Waals surface area contributed by atoms with Crippen LogP contribution < -0.4 is 5.32 Å². The summed E-state index contributed by atoms with van der Waals surface area (Å²) in [6, 6.07) is 8.55. The van der Waals surface area contributed by atoms with Gasteiger partial charge in [0.25, 0.3) is 0 Å². The lowest BCUT2D eigenvalue weighted by molar-refractivity contribution is 0.212. The molecule has 1 N–H and O–H groups in total. The second kappa shape index (κ2) is 7.20. The summed E-state index contributed by atoms with van der Waals surface area (Å²) in [5, 5.41) is 3.08. The Labute approximate surface area is 136 Å². The van der Waals surface area contributed by atoms with E-state index in [0.29, 0.717) is 6.04 Å². The smallest absolute Gasteiger partial charge is 0.321 e. The minimum Gasteiger partial charge on any atom is -0.323 e. The number of anilines is 1. The lowest BCUT2D eigenvalue weighted by atomic mass is 10.2. The zero-order valence-electron chi connectivity index (χ0n) is 13.0. The average Bonchev–Trinajstić information content (AvgIpc) is 3.20. The number of nitrogens with one attached hydrogen (secondary N) is 1. The topological polar surface area (TPSA) is 35.6 Å². The second-order valence-corrected chi connectivity index (χ2v) is 6.98. The molecule has 2 aliphatic rings. The number of urea groups is 1. The predicted octanol–water partition coefficient (Wildman–Crippen LogP) is 3.28. The lowest BCUT2D eigenvalue weighted by Gasteiger charge is -2.24. The second-order valence-electron chi connectivity index (χ2n) is 5.67. The van der Waals surface area contributed by atoms with Crippen molar-refractivity contribution in [2.24, 2.45) is 0 Å². The molecule has 2 aliphatic heterocycles. The molecule has 0 aliphatic carbocycles. The fraction of sp³-hybridized carbons (Fsp3) is 0.471. The molecule has 3 rings (SSSR count). The zero-order chi connectivity index (χ0) is 15.4. The van der Waals surface area contributed by atoms with Crippen LogP contribution in [0.1, 0.15) is 13.3 Å². The number of carbonyl (C=O) groups excluding carboxylic acids is 1. The van der Waals surface area contributed by atoms with E-state index in [4.69, 9.17) is 0 Å². The molecule has 1 atom stereocenters. The van der Waals surface area contributed by atoms with Crippen LogP contribution in [-0.2, 0) is 0 Å². The maximum Gasteiger partial charge on any atom is 0.321 e. The number of carbonyl (C=O) groups is 1. The van der Waals surface area contributed by atoms with Gasteiger partial charge in [-0.25, -0.2) is 4.79 Å². The Bertz CT molecular complexity index is 553. The number of amides is 2. The lowest BCUT2D eigenvalue weighted by Crippen LogP contribution is -2.39. The highest BCUT2D eigenvalue weighted by molar-refractivity contribution is 7.99. The van der Waals surface area contributed by atoms with Crippen LogP contribution in [0.5, 0.6) is 0 Å². The van der Waals surface area contributed by atoms with Crippen LogP contribution in [0.25, 0.3) is 0 Å². The SMILES string of the molecule is CCSc1ccccc1NC(=O)N1CCC(N2CC=CC2)C1. The standard InChI is InChI=1S/C17H23N3OS/c1-2-22-16-8-4-3-7-15(16)18-17(21)20-12-9-14(13-20)19-10-5-6-11-19/h3-8,14H,2,9-13H2,1H3,(H,18,21). The molecule has 2 heterocycles. The van der Waals surface area contributed by atoms with E-state index < -0.39 is 0 Å². The number of likely N-dealkylation sites (tertiary alicyclic amines) is 1. The van der Waals surface area contributed by atoms with E-state index in [-0.39, 0.29) is 6.03 Å². The van der Waals surface area contributed by atoms with Crippen LogP contribution in [0.3, 0.4) is 0 Å². The van der Waals surface area contributed by atoms with Crippen molar-refractivity contribution in [1.82, 2.24) is 9.80 Å². The molecule has 5 heteroatoms. The molecule has 0 radical (unpaired) electrons. The molecule has 22 heavy (non-hydrogen) atoms. The first-order chi connectivity index (χ1) is 10.8. The molecular weight excluding hydrogens is 294 g/mol. The third kappa shape index (κ3) is 3.47. The van der Waals surface area contributed by atoms with Gasteiger partial charge in [0.15, 0.2) is 0 Å². The van der Waals surface area contributed by atoms with Crippen LogP contribution in [0, 0.1) is 0 Å². The van der Waals surface area contributed by atoms with Gasteiger partial charge in [0.2, 0.25) is 0 Å². The molecule has 1 saturated heterocycles. The van der Waals surface area contributed by atoms with Crippen molar-refractivity contribution >= 4 is 23.5 Å². The van der Waals surface area contributed by atoms with Gasteiger partial charge in [0, 0.05) is 37.1 Å². The Hall–Kier alpha value is -1.46. The van der Waals surface area contributed by atoms with Gasteiger partial charge >= 0.3 is 6.03 Å². The van der Waals surface area contributed by atoms with Gasteiger partial charge in [-0.1, -0.05) is 31.2 Å². The molecule has 4 nitrogen and oxygen atoms in total. The highest BCUT2D eigenvalue weighted by Gasteiger charge is 2.30. The highest BCUT2D eigenvalue weighted by Crippen LogP contribution is 2.27. The first kappa shape index (κ1) is 15.4. The summed E-state index contributed by atoms with van der Waals surface area (Å²) in [5.74, 6) is 1.00. The van der Waals surface area contributed by atoms with Crippen molar-refractivity contribution in [2.75, 3.05) is 37.2 Å². The summed E-state index contributed by atoms with van der Waals surface area (Å²) in [6.45, 7) is 5.84. The van der Waals surface area contributed by atoms with Crippen molar-refractivity contribution in [1.29, 1.82) is 0 Å². The summed E-state index contributed by atoms with van der Waals surface area (Å²) in [5.41, 5.74) is 0.922. The molecular formula is C17H23N3OS. The first-order valence-electron chi connectivity index (χ1n) is 7.94. The molecule has 0 bridgehead atoms. The minimum atomic E-state index is 0.0267. The van der Waals surface area contributed by atoms with Gasteiger partial charge in [0.1, 0.15) is 0 Å². The van der Waals surface area contributed by atoms with E-state index in [1.54, 1.807) is 11.8 Å². The molecule has 1 aromatic rings. The largest absolute Gasteiger partial charge is 0.323 e. The summed E-state index contributed by atoms with van der Waals surface area (Å²) in [7, 11) is 0. The van der Waals surface area contributed by atoms with E-state index in [0.717, 1.165) is 48.9 Å². The molecule has 0 saturated carbocycles. The van der Waals surface area contributed by atoms with Crippen LogP contribution in [0.15, 0.2) is 41.3 Å². The van der Waals surface area contributed by atoms with Crippen LogP contribution >= 0.6 is 11.8 Å². The number of hydrogen-bond acceptors (Lipinski definition) is 3. The quantitative estimate of drug-likeness (QED) is 0.684. The number of thioether (sulfide) groups is 1. The number of nitrogens with zero attached hydrogens (tertiary/aromatic N) is 2. The summed E-state index contributed by atoms with van der Waals surface area (Å²) >= 11 is 1.76. The molecule has 1 fully saturated rings. The van der Waals surface area contributed by atoms with Gasteiger partial charge in [-0.3, -0.25) is 4.90 Å². The van der Waals surface area contributed by atoms with Gasteiger partial charge in [-0.2, -0.15) is 0 Å². The highest BCUT2D eigenvalue weighted by atomic mass is 32.2. The van der Waals surface area contributed by atoms with Crippen LogP contribution in [-0.4, -0.2) is 53.8 Å². The van der Waals surface area contributed by atoms with Crippen molar-refractivity contribution in [3.05, 3.63) is 36.4 Å². The Kier molecular flexibility index (Phi) is 5.05. The number of benzene rings is 1. The molecule has 0 aromatic heterocycles. The van der Waals surface area contributed by atoms with Gasteiger partial charge < -0.3 is 10.2 Å². The normalized spacial score (nSPS) is 21.5. The van der Waals surface area contributed by atoms with E-state index in [9.17, 15) is 4.79 Å². The van der Waals surface area contributed by atoms with Gasteiger partial charge in [-0.15, -0.1) is 11.8 Å². The molecule has 1 unspecified atom stereocenters. The maximum atomic E-state index is 12.5. The summed E-state index contributed by atoms with van der Waals surface area (Å²) in [6.07, 6.45) is 5.49. The van der Waals surface area contributed by atoms with Crippen molar-refractivity contribution in [2.45, 2.75) is 24.3 Å². The maximum absolute atomic E-state index is 12.5. The third-order valence-electron chi connectivity index (χ3n) is 4.24. The van der Waals surface area contributed by atoms with Crippen molar-refractivity contribution < 1.29 is 4.79 Å². The average molecular weight is 317 g/mol. The van der Waals surface area contributed by atoms with Gasteiger partial charge in [-0.05, 0) is 24.3 Å². The summed E-state index contributed by atoms with van der Waals surface area (Å²) in [4.78, 5) is 18.0. The van der Waals surface area contributed by atoms with E-state index in [1.165, 1.54) is 0 Å². The Morgan fingerprint density at radius 1 is 1.32 bits per heavy atom. The third-order valence-corrected chi connectivity index (χ3v) is 5.20.